The second kappa shape index (κ2) is 6.16. The van der Waals surface area contributed by atoms with Gasteiger partial charge in [-0.1, -0.05) is 44.1 Å². The van der Waals surface area contributed by atoms with Crippen LogP contribution in [0.3, 0.4) is 0 Å². The third-order valence-electron chi connectivity index (χ3n) is 3.98. The van der Waals surface area contributed by atoms with Gasteiger partial charge in [0, 0.05) is 12.2 Å². The van der Waals surface area contributed by atoms with Gasteiger partial charge in [-0.25, -0.2) is 0 Å². The molecule has 3 N–H and O–H groups in total. The highest BCUT2D eigenvalue weighted by Gasteiger charge is 2.34. The molecule has 0 saturated carbocycles. The minimum atomic E-state index is -0.603. The molecule has 0 spiro atoms. The van der Waals surface area contributed by atoms with E-state index in [0.717, 1.165) is 12.1 Å². The van der Waals surface area contributed by atoms with Gasteiger partial charge in [0.25, 0.3) is 0 Å². The van der Waals surface area contributed by atoms with Crippen LogP contribution in [-0.4, -0.2) is 23.5 Å². The van der Waals surface area contributed by atoms with Gasteiger partial charge in [-0.2, -0.15) is 0 Å². The summed E-state index contributed by atoms with van der Waals surface area (Å²) in [5.41, 5.74) is 7.85. The summed E-state index contributed by atoms with van der Waals surface area (Å²) in [5.74, 6) is -0.361. The zero-order valence-corrected chi connectivity index (χ0v) is 12.8. The molecule has 1 amide bonds. The number of rotatable bonds is 3. The van der Waals surface area contributed by atoms with Crippen molar-refractivity contribution in [3.8, 4) is 0 Å². The molecule has 1 heterocycles. The van der Waals surface area contributed by atoms with E-state index in [2.05, 4.69) is 18.1 Å². The number of fused-ring (bicyclic) bond motifs is 1. The summed E-state index contributed by atoms with van der Waals surface area (Å²) in [6, 6.07) is 7.94. The molecule has 2 unspecified atom stereocenters. The minimum Gasteiger partial charge on any atom is -0.409 e. The maximum Gasteiger partial charge on any atom is 0.238 e. The Morgan fingerprint density at radius 1 is 1.43 bits per heavy atom. The highest BCUT2D eigenvalue weighted by molar-refractivity contribution is 6.09. The molecule has 2 rings (SSSR count). The van der Waals surface area contributed by atoms with E-state index in [4.69, 9.17) is 10.9 Å². The summed E-state index contributed by atoms with van der Waals surface area (Å²) in [5, 5.41) is 12.0. The zero-order chi connectivity index (χ0) is 15.6. The van der Waals surface area contributed by atoms with Crippen molar-refractivity contribution >= 4 is 17.4 Å². The molecule has 0 aliphatic carbocycles. The first-order valence-corrected chi connectivity index (χ1v) is 7.32. The number of nitrogens with zero attached hydrogens (tertiary/aromatic N) is 2. The lowest BCUT2D eigenvalue weighted by molar-refractivity contribution is -0.121. The number of hydrogen-bond acceptors (Lipinski definition) is 3. The van der Waals surface area contributed by atoms with E-state index < -0.39 is 5.92 Å². The van der Waals surface area contributed by atoms with Gasteiger partial charge in [-0.15, -0.1) is 0 Å². The SMILES string of the molecule is CC1Cc2ccccc2N(C(=O)C(C(N)=NO)C(C)C)C1. The Hall–Kier alpha value is -2.04. The van der Waals surface area contributed by atoms with Crippen LogP contribution in [0, 0.1) is 17.8 Å². The Morgan fingerprint density at radius 2 is 2.10 bits per heavy atom. The Kier molecular flexibility index (Phi) is 4.50. The fraction of sp³-hybridized carbons (Fsp3) is 0.500. The van der Waals surface area contributed by atoms with Gasteiger partial charge in [-0.05, 0) is 29.9 Å². The number of nitrogens with two attached hydrogens (primary N) is 1. The van der Waals surface area contributed by atoms with Gasteiger partial charge in [0.05, 0.1) is 0 Å². The Balaban J connectivity index is 2.38. The molecule has 0 saturated heterocycles. The van der Waals surface area contributed by atoms with Crippen LogP contribution in [0.4, 0.5) is 5.69 Å². The van der Waals surface area contributed by atoms with Crippen molar-refractivity contribution in [2.45, 2.75) is 27.2 Å². The predicted octanol–water partition coefficient (Wildman–Crippen LogP) is 2.23. The lowest BCUT2D eigenvalue weighted by Crippen LogP contribution is -2.48. The topological polar surface area (TPSA) is 78.9 Å². The first kappa shape index (κ1) is 15.4. The molecule has 0 fully saturated rings. The number of carbonyl (C=O) groups is 1. The normalized spacial score (nSPS) is 20.3. The van der Waals surface area contributed by atoms with E-state index >= 15 is 0 Å². The van der Waals surface area contributed by atoms with E-state index in [1.54, 1.807) is 4.90 Å². The minimum absolute atomic E-state index is 0.0225. The third-order valence-corrected chi connectivity index (χ3v) is 3.98. The third kappa shape index (κ3) is 3.01. The second-order valence-corrected chi connectivity index (χ2v) is 6.13. The summed E-state index contributed by atoms with van der Waals surface area (Å²) >= 11 is 0. The standard InChI is InChI=1S/C16H23N3O2/c1-10(2)14(15(17)18-21)16(20)19-9-11(3)8-12-6-4-5-7-13(12)19/h4-7,10-11,14,21H,8-9H2,1-3H3,(H2,17,18). The van der Waals surface area contributed by atoms with Gasteiger partial charge >= 0.3 is 0 Å². The van der Waals surface area contributed by atoms with Gasteiger partial charge in [0.15, 0.2) is 5.84 Å². The molecule has 5 heteroatoms. The fourth-order valence-electron chi connectivity index (χ4n) is 2.99. The molecule has 5 nitrogen and oxygen atoms in total. The van der Waals surface area contributed by atoms with Crippen molar-refractivity contribution in [3.05, 3.63) is 29.8 Å². The van der Waals surface area contributed by atoms with Gasteiger partial charge in [-0.3, -0.25) is 4.79 Å². The summed E-state index contributed by atoms with van der Waals surface area (Å²) in [4.78, 5) is 14.7. The molecule has 1 aromatic carbocycles. The predicted molar refractivity (Wildman–Crippen MR) is 83.4 cm³/mol. The number of benzene rings is 1. The van der Waals surface area contributed by atoms with Crippen LogP contribution in [0.1, 0.15) is 26.3 Å². The van der Waals surface area contributed by atoms with Crippen molar-refractivity contribution in [2.75, 3.05) is 11.4 Å². The van der Waals surface area contributed by atoms with Crippen LogP contribution in [0.5, 0.6) is 0 Å². The highest BCUT2D eigenvalue weighted by atomic mass is 16.4. The summed E-state index contributed by atoms with van der Waals surface area (Å²) in [6.07, 6.45) is 0.968. The lowest BCUT2D eigenvalue weighted by Gasteiger charge is -2.36. The van der Waals surface area contributed by atoms with Crippen LogP contribution in [0.25, 0.3) is 0 Å². The average Bonchev–Trinajstić information content (AvgIpc) is 2.45. The maximum atomic E-state index is 12.9. The number of para-hydroxylation sites is 1. The highest BCUT2D eigenvalue weighted by Crippen LogP contribution is 2.31. The monoisotopic (exact) mass is 289 g/mol. The van der Waals surface area contributed by atoms with Crippen LogP contribution >= 0.6 is 0 Å². The number of amides is 1. The molecule has 0 bridgehead atoms. The fourth-order valence-corrected chi connectivity index (χ4v) is 2.99. The van der Waals surface area contributed by atoms with Gasteiger partial charge in [0.1, 0.15) is 5.92 Å². The van der Waals surface area contributed by atoms with E-state index in [1.807, 2.05) is 32.0 Å². The summed E-state index contributed by atoms with van der Waals surface area (Å²) < 4.78 is 0. The molecular weight excluding hydrogens is 266 g/mol. The molecule has 1 aliphatic heterocycles. The number of anilines is 1. The van der Waals surface area contributed by atoms with Crippen molar-refractivity contribution in [2.24, 2.45) is 28.6 Å². The maximum absolute atomic E-state index is 12.9. The van der Waals surface area contributed by atoms with Crippen molar-refractivity contribution < 1.29 is 10.0 Å². The molecule has 2 atom stereocenters. The van der Waals surface area contributed by atoms with Gasteiger partial charge in [0.2, 0.25) is 5.91 Å². The quantitative estimate of drug-likeness (QED) is 0.387. The zero-order valence-electron chi connectivity index (χ0n) is 12.8. The number of hydrogen-bond donors (Lipinski definition) is 2. The molecule has 0 aromatic heterocycles. The van der Waals surface area contributed by atoms with E-state index in [9.17, 15) is 4.79 Å². The first-order valence-electron chi connectivity index (χ1n) is 7.32. The number of oxime groups is 1. The van der Waals surface area contributed by atoms with Crippen molar-refractivity contribution in [1.82, 2.24) is 0 Å². The van der Waals surface area contributed by atoms with Crippen LogP contribution in [0.2, 0.25) is 0 Å². The second-order valence-electron chi connectivity index (χ2n) is 6.13. The van der Waals surface area contributed by atoms with E-state index in [0.29, 0.717) is 12.5 Å². The smallest absolute Gasteiger partial charge is 0.238 e. The Labute approximate surface area is 125 Å². The summed E-state index contributed by atoms with van der Waals surface area (Å²) in [7, 11) is 0. The average molecular weight is 289 g/mol. The molecule has 1 aromatic rings. The number of amidine groups is 1. The lowest BCUT2D eigenvalue weighted by atomic mass is 9.89. The Morgan fingerprint density at radius 3 is 2.71 bits per heavy atom. The Bertz CT molecular complexity index is 554. The molecule has 0 radical (unpaired) electrons. The van der Waals surface area contributed by atoms with Crippen LogP contribution < -0.4 is 10.6 Å². The van der Waals surface area contributed by atoms with E-state index in [-0.39, 0.29) is 17.7 Å². The van der Waals surface area contributed by atoms with Crippen molar-refractivity contribution in [3.63, 3.8) is 0 Å². The van der Waals surface area contributed by atoms with Crippen LogP contribution in [-0.2, 0) is 11.2 Å². The van der Waals surface area contributed by atoms with Gasteiger partial charge < -0.3 is 15.8 Å². The molecular formula is C16H23N3O2. The molecule has 21 heavy (non-hydrogen) atoms. The molecule has 114 valence electrons. The summed E-state index contributed by atoms with van der Waals surface area (Å²) in [6.45, 7) is 6.60. The first-order chi connectivity index (χ1) is 9.95. The largest absolute Gasteiger partial charge is 0.409 e. The number of carbonyl (C=O) groups excluding carboxylic acids is 1. The van der Waals surface area contributed by atoms with Crippen LogP contribution in [0.15, 0.2) is 29.4 Å². The molecule has 1 aliphatic rings. The van der Waals surface area contributed by atoms with Crippen molar-refractivity contribution in [1.29, 1.82) is 0 Å². The van der Waals surface area contributed by atoms with E-state index in [1.165, 1.54) is 5.56 Å².